The van der Waals surface area contributed by atoms with Crippen LogP contribution in [0.15, 0.2) is 0 Å². The Bertz CT molecular complexity index is 224. The molecule has 1 amide bonds. The minimum Gasteiger partial charge on any atom is -0.340 e. The van der Waals surface area contributed by atoms with E-state index in [1.165, 1.54) is 19.3 Å². The molecule has 0 bridgehead atoms. The lowest BCUT2D eigenvalue weighted by molar-refractivity contribution is -0.136. The highest BCUT2D eigenvalue weighted by molar-refractivity contribution is 5.77. The Labute approximate surface area is 92.2 Å². The summed E-state index contributed by atoms with van der Waals surface area (Å²) in [5, 5.41) is 3.43. The Morgan fingerprint density at radius 2 is 2.27 bits per heavy atom. The van der Waals surface area contributed by atoms with Crippen molar-refractivity contribution in [3.8, 4) is 0 Å². The van der Waals surface area contributed by atoms with Gasteiger partial charge in [0, 0.05) is 19.0 Å². The molecule has 0 aromatic carbocycles. The average Bonchev–Trinajstić information content (AvgIpc) is 2.30. The number of carbonyl (C=O) groups excluding carboxylic acids is 1. The first-order valence-corrected chi connectivity index (χ1v) is 6.29. The molecule has 3 heteroatoms. The fraction of sp³-hybridized carbons (Fsp3) is 0.917. The monoisotopic (exact) mass is 210 g/mol. The molecular weight excluding hydrogens is 188 g/mol. The second-order valence-corrected chi connectivity index (χ2v) is 4.89. The molecule has 0 spiro atoms. The van der Waals surface area contributed by atoms with Gasteiger partial charge in [0.25, 0.3) is 0 Å². The fourth-order valence-electron chi connectivity index (χ4n) is 2.80. The first-order chi connectivity index (χ1) is 7.29. The van der Waals surface area contributed by atoms with Gasteiger partial charge < -0.3 is 10.2 Å². The van der Waals surface area contributed by atoms with Crippen molar-refractivity contribution in [2.45, 2.75) is 45.1 Å². The van der Waals surface area contributed by atoms with Gasteiger partial charge in [0.05, 0.1) is 0 Å². The Morgan fingerprint density at radius 3 is 2.93 bits per heavy atom. The van der Waals surface area contributed by atoms with Crippen LogP contribution >= 0.6 is 0 Å². The van der Waals surface area contributed by atoms with Crippen molar-refractivity contribution in [2.24, 2.45) is 5.92 Å². The van der Waals surface area contributed by atoms with E-state index in [0.29, 0.717) is 17.9 Å². The third-order valence-electron chi connectivity index (χ3n) is 3.87. The van der Waals surface area contributed by atoms with E-state index in [-0.39, 0.29) is 0 Å². The van der Waals surface area contributed by atoms with Crippen LogP contribution in [0, 0.1) is 5.92 Å². The van der Waals surface area contributed by atoms with E-state index in [2.05, 4.69) is 17.1 Å². The van der Waals surface area contributed by atoms with Crippen LogP contribution in [0.1, 0.15) is 39.0 Å². The number of hydrogen-bond acceptors (Lipinski definition) is 2. The van der Waals surface area contributed by atoms with E-state index >= 15 is 0 Å². The van der Waals surface area contributed by atoms with Gasteiger partial charge >= 0.3 is 0 Å². The molecule has 0 aliphatic carbocycles. The first-order valence-electron chi connectivity index (χ1n) is 6.29. The van der Waals surface area contributed by atoms with Crippen LogP contribution in [0.2, 0.25) is 0 Å². The Hall–Kier alpha value is -0.570. The minimum atomic E-state index is 0.374. The molecule has 2 saturated heterocycles. The molecule has 1 N–H and O–H groups in total. The summed E-state index contributed by atoms with van der Waals surface area (Å²) in [7, 11) is 0. The minimum absolute atomic E-state index is 0.374. The van der Waals surface area contributed by atoms with Crippen LogP contribution in [0.25, 0.3) is 0 Å². The van der Waals surface area contributed by atoms with Gasteiger partial charge in [0.15, 0.2) is 0 Å². The van der Waals surface area contributed by atoms with Gasteiger partial charge in [-0.25, -0.2) is 0 Å². The maximum Gasteiger partial charge on any atom is 0.222 e. The number of amides is 1. The molecule has 2 fully saturated rings. The van der Waals surface area contributed by atoms with Gasteiger partial charge in [0.1, 0.15) is 0 Å². The summed E-state index contributed by atoms with van der Waals surface area (Å²) in [6.45, 7) is 5.44. The highest BCUT2D eigenvalue weighted by Crippen LogP contribution is 2.22. The van der Waals surface area contributed by atoms with E-state index in [4.69, 9.17) is 0 Å². The van der Waals surface area contributed by atoms with Crippen molar-refractivity contribution in [1.82, 2.24) is 10.2 Å². The van der Waals surface area contributed by atoms with E-state index in [1.54, 1.807) is 0 Å². The quantitative estimate of drug-likeness (QED) is 0.747. The van der Waals surface area contributed by atoms with Crippen LogP contribution in [0.5, 0.6) is 0 Å². The molecule has 15 heavy (non-hydrogen) atoms. The summed E-state index contributed by atoms with van der Waals surface area (Å²) in [4.78, 5) is 13.9. The number of piperidine rings is 2. The number of rotatable bonds is 2. The highest BCUT2D eigenvalue weighted by Gasteiger charge is 2.29. The van der Waals surface area contributed by atoms with Gasteiger partial charge in [0.2, 0.25) is 5.91 Å². The Morgan fingerprint density at radius 1 is 1.40 bits per heavy atom. The molecule has 2 aliphatic rings. The van der Waals surface area contributed by atoms with E-state index in [1.807, 2.05) is 0 Å². The molecular formula is C12H22N2O. The van der Waals surface area contributed by atoms with Crippen molar-refractivity contribution in [2.75, 3.05) is 19.6 Å². The van der Waals surface area contributed by atoms with Crippen LogP contribution < -0.4 is 5.32 Å². The molecule has 2 heterocycles. The second-order valence-electron chi connectivity index (χ2n) is 4.89. The molecule has 0 aromatic heterocycles. The average molecular weight is 210 g/mol. The summed E-state index contributed by atoms with van der Waals surface area (Å²) in [6.07, 6.45) is 5.58. The summed E-state index contributed by atoms with van der Waals surface area (Å²) < 4.78 is 0. The third-order valence-corrected chi connectivity index (χ3v) is 3.87. The van der Waals surface area contributed by atoms with Crippen molar-refractivity contribution in [3.05, 3.63) is 0 Å². The van der Waals surface area contributed by atoms with Crippen LogP contribution in [0.3, 0.4) is 0 Å². The molecule has 0 aromatic rings. The molecule has 2 rings (SSSR count). The van der Waals surface area contributed by atoms with Gasteiger partial charge in [-0.15, -0.1) is 0 Å². The zero-order valence-corrected chi connectivity index (χ0v) is 9.67. The second kappa shape index (κ2) is 4.97. The van der Waals surface area contributed by atoms with Crippen molar-refractivity contribution < 1.29 is 4.79 Å². The molecule has 0 radical (unpaired) electrons. The first kappa shape index (κ1) is 10.9. The maximum atomic E-state index is 11.8. The highest BCUT2D eigenvalue weighted by atomic mass is 16.2. The number of nitrogens with zero attached hydrogens (tertiary/aromatic N) is 1. The topological polar surface area (TPSA) is 32.3 Å². The van der Waals surface area contributed by atoms with Gasteiger partial charge in [-0.05, 0) is 51.6 Å². The summed E-state index contributed by atoms with van der Waals surface area (Å²) in [5.41, 5.74) is 0. The van der Waals surface area contributed by atoms with Crippen LogP contribution in [0.4, 0.5) is 0 Å². The van der Waals surface area contributed by atoms with Crippen molar-refractivity contribution >= 4 is 5.91 Å². The smallest absolute Gasteiger partial charge is 0.222 e. The molecule has 86 valence electrons. The zero-order chi connectivity index (χ0) is 10.7. The number of carbonyl (C=O) groups is 1. The lowest BCUT2D eigenvalue weighted by Crippen LogP contribution is -2.49. The van der Waals surface area contributed by atoms with Crippen LogP contribution in [-0.4, -0.2) is 36.5 Å². The summed E-state index contributed by atoms with van der Waals surface area (Å²) in [6, 6.07) is 0.436. The summed E-state index contributed by atoms with van der Waals surface area (Å²) >= 11 is 0. The van der Waals surface area contributed by atoms with Gasteiger partial charge in [-0.1, -0.05) is 0 Å². The molecule has 3 nitrogen and oxygen atoms in total. The predicted molar refractivity (Wildman–Crippen MR) is 60.6 cm³/mol. The van der Waals surface area contributed by atoms with Gasteiger partial charge in [-0.2, -0.15) is 0 Å². The zero-order valence-electron chi connectivity index (χ0n) is 9.67. The number of likely N-dealkylation sites (tertiary alicyclic amines) is 1. The fourth-order valence-corrected chi connectivity index (χ4v) is 2.80. The normalized spacial score (nSPS) is 30.3. The lowest BCUT2D eigenvalue weighted by atomic mass is 9.90. The number of hydrogen-bond donors (Lipinski definition) is 1. The summed E-state index contributed by atoms with van der Waals surface area (Å²) in [5.74, 6) is 1.04. The van der Waals surface area contributed by atoms with Crippen LogP contribution in [-0.2, 0) is 4.79 Å². The Kier molecular flexibility index (Phi) is 3.62. The predicted octanol–water partition coefficient (Wildman–Crippen LogP) is 1.39. The Balaban J connectivity index is 1.92. The molecule has 2 aliphatic heterocycles. The van der Waals surface area contributed by atoms with E-state index in [0.717, 1.165) is 32.5 Å². The van der Waals surface area contributed by atoms with Crippen molar-refractivity contribution in [1.29, 1.82) is 0 Å². The van der Waals surface area contributed by atoms with Crippen molar-refractivity contribution in [3.63, 3.8) is 0 Å². The maximum absolute atomic E-state index is 11.8. The molecule has 2 atom stereocenters. The van der Waals surface area contributed by atoms with E-state index < -0.39 is 0 Å². The lowest BCUT2D eigenvalue weighted by Gasteiger charge is -2.38. The standard InChI is InChI=1S/C12H22N2O/c1-10(11-5-4-7-13-9-11)14-8-3-2-6-12(14)15/h10-11,13H,2-9H2,1H3. The largest absolute Gasteiger partial charge is 0.340 e. The SMILES string of the molecule is CC(C1CCCNC1)N1CCCCC1=O. The van der Waals surface area contributed by atoms with E-state index in [9.17, 15) is 4.79 Å². The third kappa shape index (κ3) is 2.51. The molecule has 0 saturated carbocycles. The number of nitrogens with one attached hydrogen (secondary N) is 1. The molecule has 2 unspecified atom stereocenters. The van der Waals surface area contributed by atoms with Gasteiger partial charge in [-0.3, -0.25) is 4.79 Å².